The van der Waals surface area contributed by atoms with Crippen LogP contribution in [0.15, 0.2) is 0 Å². The van der Waals surface area contributed by atoms with Gasteiger partial charge in [-0.15, -0.1) is 0 Å². The summed E-state index contributed by atoms with van der Waals surface area (Å²) in [4.78, 5) is 0. The number of hydrogen-bond acceptors (Lipinski definition) is 3. The highest BCUT2D eigenvalue weighted by molar-refractivity contribution is 4.74. The number of rotatable bonds is 6. The van der Waals surface area contributed by atoms with Crippen molar-refractivity contribution in [2.45, 2.75) is 32.3 Å². The van der Waals surface area contributed by atoms with E-state index in [1.54, 1.807) is 6.92 Å². The van der Waals surface area contributed by atoms with Gasteiger partial charge in [-0.1, -0.05) is 13.3 Å². The average molecular weight is 161 g/mol. The summed E-state index contributed by atoms with van der Waals surface area (Å²) in [6.45, 7) is 5.09. The standard InChI is InChI=1S/C8H19NO2/c1-3-4-8(2,11)7-9-5-6-10/h9-11H,3-7H2,1-2H3. The van der Waals surface area contributed by atoms with Gasteiger partial charge in [0.25, 0.3) is 0 Å². The molecule has 0 fully saturated rings. The van der Waals surface area contributed by atoms with E-state index in [0.29, 0.717) is 13.1 Å². The van der Waals surface area contributed by atoms with Gasteiger partial charge in [0, 0.05) is 13.1 Å². The van der Waals surface area contributed by atoms with Crippen molar-refractivity contribution in [2.24, 2.45) is 0 Å². The first-order valence-corrected chi connectivity index (χ1v) is 4.16. The van der Waals surface area contributed by atoms with Gasteiger partial charge in [0.1, 0.15) is 0 Å². The normalized spacial score (nSPS) is 16.4. The number of hydrogen-bond donors (Lipinski definition) is 3. The van der Waals surface area contributed by atoms with Gasteiger partial charge < -0.3 is 15.5 Å². The Morgan fingerprint density at radius 3 is 2.55 bits per heavy atom. The minimum atomic E-state index is -0.621. The molecule has 0 aliphatic heterocycles. The maximum absolute atomic E-state index is 9.60. The lowest BCUT2D eigenvalue weighted by molar-refractivity contribution is 0.0492. The van der Waals surface area contributed by atoms with E-state index in [0.717, 1.165) is 12.8 Å². The molecule has 3 heteroatoms. The summed E-state index contributed by atoms with van der Waals surface area (Å²) in [5.74, 6) is 0. The minimum Gasteiger partial charge on any atom is -0.395 e. The second-order valence-corrected chi connectivity index (χ2v) is 3.15. The Morgan fingerprint density at radius 1 is 1.45 bits per heavy atom. The Bertz CT molecular complexity index is 94.1. The highest BCUT2D eigenvalue weighted by atomic mass is 16.3. The van der Waals surface area contributed by atoms with Gasteiger partial charge in [0.15, 0.2) is 0 Å². The van der Waals surface area contributed by atoms with E-state index in [2.05, 4.69) is 5.32 Å². The Balaban J connectivity index is 3.38. The molecular formula is C8H19NO2. The van der Waals surface area contributed by atoms with Crippen LogP contribution < -0.4 is 5.32 Å². The molecular weight excluding hydrogens is 142 g/mol. The topological polar surface area (TPSA) is 52.5 Å². The zero-order valence-electron chi connectivity index (χ0n) is 7.43. The monoisotopic (exact) mass is 161 g/mol. The van der Waals surface area contributed by atoms with Gasteiger partial charge in [0.05, 0.1) is 12.2 Å². The van der Waals surface area contributed by atoms with Crippen molar-refractivity contribution >= 4 is 0 Å². The molecule has 0 heterocycles. The maximum atomic E-state index is 9.60. The summed E-state index contributed by atoms with van der Waals surface area (Å²) in [7, 11) is 0. The van der Waals surface area contributed by atoms with Crippen LogP contribution in [0, 0.1) is 0 Å². The summed E-state index contributed by atoms with van der Waals surface area (Å²) < 4.78 is 0. The predicted octanol–water partition coefficient (Wildman–Crippen LogP) is 0.119. The molecule has 0 aliphatic carbocycles. The van der Waals surface area contributed by atoms with Crippen LogP contribution in [-0.2, 0) is 0 Å². The van der Waals surface area contributed by atoms with Crippen molar-refractivity contribution in [1.82, 2.24) is 5.32 Å². The molecule has 11 heavy (non-hydrogen) atoms. The molecule has 0 bridgehead atoms. The fraction of sp³-hybridized carbons (Fsp3) is 1.00. The van der Waals surface area contributed by atoms with Crippen LogP contribution in [0.1, 0.15) is 26.7 Å². The van der Waals surface area contributed by atoms with Gasteiger partial charge in [0.2, 0.25) is 0 Å². The summed E-state index contributed by atoms with van der Waals surface area (Å²) in [6.07, 6.45) is 1.78. The van der Waals surface area contributed by atoms with Crippen LogP contribution in [0.2, 0.25) is 0 Å². The fourth-order valence-corrected chi connectivity index (χ4v) is 1.06. The molecule has 0 saturated carbocycles. The quantitative estimate of drug-likeness (QED) is 0.485. The van der Waals surface area contributed by atoms with E-state index < -0.39 is 5.60 Å². The van der Waals surface area contributed by atoms with Crippen LogP contribution in [-0.4, -0.2) is 35.5 Å². The summed E-state index contributed by atoms with van der Waals surface area (Å²) in [5.41, 5.74) is -0.621. The highest BCUT2D eigenvalue weighted by Gasteiger charge is 2.17. The van der Waals surface area contributed by atoms with E-state index >= 15 is 0 Å². The maximum Gasteiger partial charge on any atom is 0.0743 e. The van der Waals surface area contributed by atoms with Crippen LogP contribution in [0.5, 0.6) is 0 Å². The van der Waals surface area contributed by atoms with Crippen molar-refractivity contribution in [3.8, 4) is 0 Å². The summed E-state index contributed by atoms with van der Waals surface area (Å²) in [5, 5.41) is 21.0. The third-order valence-electron chi connectivity index (χ3n) is 1.58. The molecule has 0 rings (SSSR count). The predicted molar refractivity (Wildman–Crippen MR) is 45.5 cm³/mol. The largest absolute Gasteiger partial charge is 0.395 e. The Morgan fingerprint density at radius 2 is 2.09 bits per heavy atom. The van der Waals surface area contributed by atoms with E-state index in [1.807, 2.05) is 6.92 Å². The summed E-state index contributed by atoms with van der Waals surface area (Å²) >= 11 is 0. The van der Waals surface area contributed by atoms with Gasteiger partial charge in [-0.3, -0.25) is 0 Å². The van der Waals surface area contributed by atoms with Crippen LogP contribution in [0.25, 0.3) is 0 Å². The molecule has 0 aromatic rings. The fourth-order valence-electron chi connectivity index (χ4n) is 1.06. The smallest absolute Gasteiger partial charge is 0.0743 e. The lowest BCUT2D eigenvalue weighted by atomic mass is 10.0. The minimum absolute atomic E-state index is 0.127. The first-order chi connectivity index (χ1) is 5.12. The Kier molecular flexibility index (Phi) is 5.46. The van der Waals surface area contributed by atoms with Crippen LogP contribution in [0.3, 0.4) is 0 Å². The average Bonchev–Trinajstić information content (AvgIpc) is 1.87. The van der Waals surface area contributed by atoms with E-state index in [4.69, 9.17) is 5.11 Å². The number of nitrogens with one attached hydrogen (secondary N) is 1. The third kappa shape index (κ3) is 6.28. The first-order valence-electron chi connectivity index (χ1n) is 4.16. The SMILES string of the molecule is CCCC(C)(O)CNCCO. The molecule has 68 valence electrons. The van der Waals surface area contributed by atoms with Gasteiger partial charge in [-0.2, -0.15) is 0 Å². The van der Waals surface area contributed by atoms with E-state index in [9.17, 15) is 5.11 Å². The molecule has 0 spiro atoms. The first kappa shape index (κ1) is 10.9. The van der Waals surface area contributed by atoms with Crippen molar-refractivity contribution in [2.75, 3.05) is 19.7 Å². The van der Waals surface area contributed by atoms with Gasteiger partial charge in [-0.05, 0) is 13.3 Å². The third-order valence-corrected chi connectivity index (χ3v) is 1.58. The zero-order valence-corrected chi connectivity index (χ0v) is 7.43. The van der Waals surface area contributed by atoms with Crippen molar-refractivity contribution in [3.63, 3.8) is 0 Å². The Labute approximate surface area is 68.4 Å². The van der Waals surface area contributed by atoms with Gasteiger partial charge in [-0.25, -0.2) is 0 Å². The molecule has 0 aliphatic rings. The molecule has 0 amide bonds. The van der Waals surface area contributed by atoms with Crippen LogP contribution >= 0.6 is 0 Å². The number of aliphatic hydroxyl groups excluding tert-OH is 1. The molecule has 0 saturated heterocycles. The van der Waals surface area contributed by atoms with Crippen molar-refractivity contribution < 1.29 is 10.2 Å². The summed E-state index contributed by atoms with van der Waals surface area (Å²) in [6, 6.07) is 0. The lowest BCUT2D eigenvalue weighted by Gasteiger charge is -2.22. The molecule has 1 atom stereocenters. The second-order valence-electron chi connectivity index (χ2n) is 3.15. The zero-order chi connectivity index (χ0) is 8.74. The van der Waals surface area contributed by atoms with E-state index in [1.165, 1.54) is 0 Å². The molecule has 3 nitrogen and oxygen atoms in total. The van der Waals surface area contributed by atoms with Gasteiger partial charge >= 0.3 is 0 Å². The van der Waals surface area contributed by atoms with E-state index in [-0.39, 0.29) is 6.61 Å². The van der Waals surface area contributed by atoms with Crippen molar-refractivity contribution in [3.05, 3.63) is 0 Å². The molecule has 0 radical (unpaired) electrons. The second kappa shape index (κ2) is 5.52. The van der Waals surface area contributed by atoms with Crippen LogP contribution in [0.4, 0.5) is 0 Å². The highest BCUT2D eigenvalue weighted by Crippen LogP contribution is 2.09. The number of aliphatic hydroxyl groups is 2. The molecule has 0 aromatic carbocycles. The molecule has 3 N–H and O–H groups in total. The molecule has 1 unspecified atom stereocenters. The Hall–Kier alpha value is -0.120. The van der Waals surface area contributed by atoms with Crippen molar-refractivity contribution in [1.29, 1.82) is 0 Å². The lowest BCUT2D eigenvalue weighted by Crippen LogP contribution is -2.38. The molecule has 0 aromatic heterocycles.